The quantitative estimate of drug-likeness (QED) is 0.150. The van der Waals surface area contributed by atoms with Crippen LogP contribution in [-0.2, 0) is 0 Å². The number of fused-ring (bicyclic) bond motifs is 6. The van der Waals surface area contributed by atoms with Crippen LogP contribution in [0.4, 0.5) is 17.1 Å². The summed E-state index contributed by atoms with van der Waals surface area (Å²) in [5, 5.41) is 5.28. The summed E-state index contributed by atoms with van der Waals surface area (Å²) in [6.45, 7) is 0. The Balaban J connectivity index is 1.03. The molecule has 2 heterocycles. The van der Waals surface area contributed by atoms with Gasteiger partial charge >= 0.3 is 0 Å². The summed E-state index contributed by atoms with van der Waals surface area (Å²) in [6, 6.07) is 70.9. The van der Waals surface area contributed by atoms with E-state index in [2.05, 4.69) is 199 Å². The van der Waals surface area contributed by atoms with Crippen LogP contribution in [0, 0.1) is 0 Å². The Morgan fingerprint density at radius 2 is 0.827 bits per heavy atom. The summed E-state index contributed by atoms with van der Waals surface area (Å²) in [6.07, 6.45) is 0. The molecule has 0 amide bonds. The average Bonchev–Trinajstić information content (AvgIpc) is 3.79. The van der Waals surface area contributed by atoms with Crippen LogP contribution in [0.5, 0.6) is 0 Å². The van der Waals surface area contributed by atoms with Crippen LogP contribution in [0.2, 0.25) is 0 Å². The molecule has 0 bridgehead atoms. The number of benzene rings is 8. The number of hydrogen-bond acceptors (Lipinski definition) is 3. The number of hydrogen-bond donors (Lipinski definition) is 0. The van der Waals surface area contributed by atoms with E-state index in [4.69, 9.17) is 0 Å². The third-order valence-corrected chi connectivity index (χ3v) is 12.7. The highest BCUT2D eigenvalue weighted by Gasteiger charge is 2.22. The maximum Gasteiger partial charge on any atom is 0.0640 e. The Labute approximate surface area is 311 Å². The third-order valence-electron chi connectivity index (χ3n) is 10.2. The monoisotopic (exact) mass is 699 g/mol. The van der Waals surface area contributed by atoms with E-state index in [-0.39, 0.29) is 5.92 Å². The van der Waals surface area contributed by atoms with Crippen molar-refractivity contribution in [2.24, 2.45) is 0 Å². The second-order valence-corrected chi connectivity index (χ2v) is 15.4. The Kier molecular flexibility index (Phi) is 7.67. The van der Waals surface area contributed by atoms with Crippen molar-refractivity contribution >= 4 is 80.1 Å². The summed E-state index contributed by atoms with van der Waals surface area (Å²) >= 11 is 3.77. The van der Waals surface area contributed by atoms with Crippen molar-refractivity contribution in [3.8, 4) is 11.1 Å². The topological polar surface area (TPSA) is 3.24 Å². The van der Waals surface area contributed by atoms with Gasteiger partial charge < -0.3 is 4.90 Å². The number of anilines is 3. The van der Waals surface area contributed by atoms with Gasteiger partial charge in [-0.2, -0.15) is 0 Å². The lowest BCUT2D eigenvalue weighted by atomic mass is 9.84. The van der Waals surface area contributed by atoms with E-state index < -0.39 is 0 Å². The van der Waals surface area contributed by atoms with Crippen molar-refractivity contribution in [1.82, 2.24) is 0 Å². The van der Waals surface area contributed by atoms with Crippen LogP contribution < -0.4 is 4.90 Å². The highest BCUT2D eigenvalue weighted by molar-refractivity contribution is 7.26. The first-order valence-electron chi connectivity index (χ1n) is 17.7. The first kappa shape index (κ1) is 30.8. The number of nitrogens with zero attached hydrogens (tertiary/aromatic N) is 1. The van der Waals surface area contributed by atoms with Crippen molar-refractivity contribution < 1.29 is 0 Å². The average molecular weight is 700 g/mol. The molecule has 8 aromatic carbocycles. The minimum atomic E-state index is 0.130. The van der Waals surface area contributed by atoms with Crippen molar-refractivity contribution in [2.45, 2.75) is 5.92 Å². The predicted octanol–water partition coefficient (Wildman–Crippen LogP) is 14.7. The summed E-state index contributed by atoms with van der Waals surface area (Å²) in [7, 11) is 0. The van der Waals surface area contributed by atoms with Gasteiger partial charge in [-0.15, -0.1) is 22.7 Å². The maximum atomic E-state index is 2.39. The Morgan fingerprint density at radius 1 is 0.346 bits per heavy atom. The molecule has 246 valence electrons. The largest absolute Gasteiger partial charge is 0.309 e. The van der Waals surface area contributed by atoms with Crippen LogP contribution in [0.25, 0.3) is 51.5 Å². The van der Waals surface area contributed by atoms with E-state index in [1.54, 1.807) is 0 Å². The van der Waals surface area contributed by atoms with Gasteiger partial charge in [0.2, 0.25) is 0 Å². The molecule has 10 aromatic rings. The van der Waals surface area contributed by atoms with Crippen molar-refractivity contribution in [3.05, 3.63) is 211 Å². The fourth-order valence-electron chi connectivity index (χ4n) is 7.78. The van der Waals surface area contributed by atoms with E-state index in [0.29, 0.717) is 0 Å². The van der Waals surface area contributed by atoms with E-state index >= 15 is 0 Å². The zero-order valence-electron chi connectivity index (χ0n) is 28.3. The van der Waals surface area contributed by atoms with Crippen molar-refractivity contribution in [3.63, 3.8) is 0 Å². The zero-order valence-corrected chi connectivity index (χ0v) is 29.9. The molecule has 1 nitrogen and oxygen atoms in total. The van der Waals surface area contributed by atoms with Crippen LogP contribution in [0.1, 0.15) is 22.6 Å². The Hall–Kier alpha value is -6.00. The van der Waals surface area contributed by atoms with Crippen LogP contribution >= 0.6 is 22.7 Å². The molecule has 0 saturated carbocycles. The first-order valence-corrected chi connectivity index (χ1v) is 19.3. The standard InChI is InChI=1S/C49H33NS2/c1-3-13-35(14-4-1)47(43-21-11-19-41-39-17-7-9-23-45(39)51-48(41)43)36-27-25-33(26-28-36)34-29-31-38(32-30-34)50(37-15-5-2-6-16-37)44-22-12-20-42-40-18-8-10-24-46(40)52-49(42)44/h1-32,47H. The van der Waals surface area contributed by atoms with Gasteiger partial charge in [0, 0.05) is 52.9 Å². The van der Waals surface area contributed by atoms with Crippen molar-refractivity contribution in [1.29, 1.82) is 0 Å². The second kappa shape index (κ2) is 13.0. The lowest BCUT2D eigenvalue weighted by Gasteiger charge is -2.26. The molecule has 0 aliphatic carbocycles. The molecule has 1 unspecified atom stereocenters. The fraction of sp³-hybridized carbons (Fsp3) is 0.0204. The highest BCUT2D eigenvalue weighted by Crippen LogP contribution is 2.46. The molecule has 52 heavy (non-hydrogen) atoms. The predicted molar refractivity (Wildman–Crippen MR) is 226 cm³/mol. The Morgan fingerprint density at radius 3 is 1.50 bits per heavy atom. The molecule has 0 fully saturated rings. The van der Waals surface area contributed by atoms with Crippen molar-refractivity contribution in [2.75, 3.05) is 4.90 Å². The van der Waals surface area contributed by atoms with Gasteiger partial charge in [-0.25, -0.2) is 0 Å². The maximum absolute atomic E-state index is 2.39. The van der Waals surface area contributed by atoms with Gasteiger partial charge in [0.15, 0.2) is 0 Å². The van der Waals surface area contributed by atoms with Crippen LogP contribution in [0.3, 0.4) is 0 Å². The lowest BCUT2D eigenvalue weighted by molar-refractivity contribution is 0.992. The molecule has 0 aliphatic rings. The van der Waals surface area contributed by atoms with E-state index in [9.17, 15) is 0 Å². The lowest BCUT2D eigenvalue weighted by Crippen LogP contribution is -2.09. The minimum absolute atomic E-state index is 0.130. The summed E-state index contributed by atoms with van der Waals surface area (Å²) in [5.74, 6) is 0.130. The molecule has 0 radical (unpaired) electrons. The summed E-state index contributed by atoms with van der Waals surface area (Å²) in [5.41, 5.74) is 9.84. The second-order valence-electron chi connectivity index (χ2n) is 13.3. The number of para-hydroxylation sites is 1. The molecule has 2 aromatic heterocycles. The molecule has 10 rings (SSSR count). The fourth-order valence-corrected chi connectivity index (χ4v) is 10.2. The molecular formula is C49H33NS2. The SMILES string of the molecule is c1ccc(C(c2ccc(-c3ccc(N(c4ccccc4)c4cccc5c4sc4ccccc45)cc3)cc2)c2cccc3c2sc2ccccc23)cc1. The van der Waals surface area contributed by atoms with Crippen LogP contribution in [-0.4, -0.2) is 0 Å². The number of thiophene rings is 2. The van der Waals surface area contributed by atoms with Gasteiger partial charge in [-0.05, 0) is 70.3 Å². The summed E-state index contributed by atoms with van der Waals surface area (Å²) in [4.78, 5) is 2.39. The third kappa shape index (κ3) is 5.29. The van der Waals surface area contributed by atoms with Gasteiger partial charge in [-0.3, -0.25) is 0 Å². The molecule has 3 heteroatoms. The van der Waals surface area contributed by atoms with E-state index in [1.807, 2.05) is 22.7 Å². The molecule has 0 spiro atoms. The molecule has 0 N–H and O–H groups in total. The van der Waals surface area contributed by atoms with Gasteiger partial charge in [-0.1, -0.05) is 152 Å². The minimum Gasteiger partial charge on any atom is -0.309 e. The molecule has 0 saturated heterocycles. The Bertz CT molecular complexity index is 2630. The normalized spacial score (nSPS) is 12.2. The molecular weight excluding hydrogens is 667 g/mol. The first-order chi connectivity index (χ1) is 25.8. The van der Waals surface area contributed by atoms with Gasteiger partial charge in [0.05, 0.1) is 10.4 Å². The summed E-state index contributed by atoms with van der Waals surface area (Å²) < 4.78 is 5.31. The van der Waals surface area contributed by atoms with Crippen LogP contribution in [0.15, 0.2) is 194 Å². The van der Waals surface area contributed by atoms with E-state index in [0.717, 1.165) is 11.4 Å². The van der Waals surface area contributed by atoms with Gasteiger partial charge in [0.25, 0.3) is 0 Å². The smallest absolute Gasteiger partial charge is 0.0640 e. The van der Waals surface area contributed by atoms with E-state index in [1.165, 1.54) is 73.8 Å². The number of rotatable bonds is 7. The molecule has 1 atom stereocenters. The highest BCUT2D eigenvalue weighted by atomic mass is 32.1. The zero-order chi connectivity index (χ0) is 34.4. The van der Waals surface area contributed by atoms with Gasteiger partial charge in [0.1, 0.15) is 0 Å². The molecule has 0 aliphatic heterocycles.